The Bertz CT molecular complexity index is 1020. The van der Waals surface area contributed by atoms with Gasteiger partial charge in [0.1, 0.15) is 18.2 Å². The highest BCUT2D eigenvalue weighted by atomic mass is 16.5. The predicted molar refractivity (Wildman–Crippen MR) is 106 cm³/mol. The number of nitrogens with zero attached hydrogens (tertiary/aromatic N) is 5. The van der Waals surface area contributed by atoms with Gasteiger partial charge >= 0.3 is 0 Å². The van der Waals surface area contributed by atoms with Crippen LogP contribution in [0.1, 0.15) is 0 Å². The first-order valence-corrected chi connectivity index (χ1v) is 8.72. The number of para-hydroxylation sites is 1. The number of hydrogen-bond donors (Lipinski definition) is 0. The molecule has 4 rings (SSSR count). The Labute approximate surface area is 157 Å². The molecule has 6 nitrogen and oxygen atoms in total. The van der Waals surface area contributed by atoms with Crippen LogP contribution in [0, 0.1) is 0 Å². The van der Waals surface area contributed by atoms with Crippen LogP contribution in [0.15, 0.2) is 73.3 Å². The van der Waals surface area contributed by atoms with Crippen LogP contribution in [-0.4, -0.2) is 40.1 Å². The molecule has 0 aliphatic rings. The zero-order valence-electron chi connectivity index (χ0n) is 15.0. The van der Waals surface area contributed by atoms with Crippen molar-refractivity contribution >= 4 is 16.7 Å². The van der Waals surface area contributed by atoms with Gasteiger partial charge in [0.25, 0.3) is 0 Å². The standard InChI is InChI=1S/C21H19N5O/c1-26(12-13-27-17-7-5-11-23-15-17)21-18-8-2-3-9-19(18)24-20(25-21)16-6-4-10-22-14-16/h2-11,14-15H,12-13H2,1H3. The lowest BCUT2D eigenvalue weighted by atomic mass is 10.2. The van der Waals surface area contributed by atoms with Gasteiger partial charge in [-0.1, -0.05) is 12.1 Å². The maximum atomic E-state index is 5.77. The molecule has 0 aliphatic heterocycles. The predicted octanol–water partition coefficient (Wildman–Crippen LogP) is 3.60. The van der Waals surface area contributed by atoms with Gasteiger partial charge in [0.2, 0.25) is 0 Å². The monoisotopic (exact) mass is 357 g/mol. The van der Waals surface area contributed by atoms with E-state index in [9.17, 15) is 0 Å². The number of likely N-dealkylation sites (N-methyl/N-ethyl adjacent to an activating group) is 1. The molecule has 0 N–H and O–H groups in total. The van der Waals surface area contributed by atoms with E-state index in [-0.39, 0.29) is 0 Å². The molecule has 4 aromatic rings. The first kappa shape index (κ1) is 16.9. The van der Waals surface area contributed by atoms with Crippen LogP contribution in [0.5, 0.6) is 5.75 Å². The van der Waals surface area contributed by atoms with Gasteiger partial charge in [0.15, 0.2) is 5.82 Å². The second-order valence-corrected chi connectivity index (χ2v) is 6.09. The normalized spacial score (nSPS) is 10.7. The van der Waals surface area contributed by atoms with Crippen molar-refractivity contribution in [2.24, 2.45) is 0 Å². The summed E-state index contributed by atoms with van der Waals surface area (Å²) in [5.41, 5.74) is 1.80. The van der Waals surface area contributed by atoms with Gasteiger partial charge < -0.3 is 9.64 Å². The lowest BCUT2D eigenvalue weighted by Gasteiger charge is -2.20. The third-order valence-electron chi connectivity index (χ3n) is 4.19. The number of fused-ring (bicyclic) bond motifs is 1. The van der Waals surface area contributed by atoms with Crippen molar-refractivity contribution in [2.75, 3.05) is 25.1 Å². The van der Waals surface area contributed by atoms with E-state index < -0.39 is 0 Å². The van der Waals surface area contributed by atoms with Crippen LogP contribution in [0.25, 0.3) is 22.3 Å². The van der Waals surface area contributed by atoms with E-state index in [4.69, 9.17) is 14.7 Å². The van der Waals surface area contributed by atoms with E-state index in [0.29, 0.717) is 19.0 Å². The summed E-state index contributed by atoms with van der Waals surface area (Å²) in [4.78, 5) is 19.8. The summed E-state index contributed by atoms with van der Waals surface area (Å²) in [6.45, 7) is 1.21. The molecule has 0 aliphatic carbocycles. The average Bonchev–Trinajstić information content (AvgIpc) is 2.74. The van der Waals surface area contributed by atoms with E-state index in [1.165, 1.54) is 0 Å². The molecule has 27 heavy (non-hydrogen) atoms. The Kier molecular flexibility index (Phi) is 4.87. The van der Waals surface area contributed by atoms with Crippen molar-refractivity contribution in [1.82, 2.24) is 19.9 Å². The molecule has 1 aromatic carbocycles. The summed E-state index contributed by atoms with van der Waals surface area (Å²) in [6, 6.07) is 15.6. The third-order valence-corrected chi connectivity index (χ3v) is 4.19. The van der Waals surface area contributed by atoms with E-state index in [1.54, 1.807) is 24.8 Å². The van der Waals surface area contributed by atoms with Gasteiger partial charge in [-0.25, -0.2) is 9.97 Å². The van der Waals surface area contributed by atoms with Gasteiger partial charge in [-0.2, -0.15) is 0 Å². The van der Waals surface area contributed by atoms with Crippen molar-refractivity contribution in [2.45, 2.75) is 0 Å². The molecule has 0 unspecified atom stereocenters. The minimum Gasteiger partial charge on any atom is -0.490 e. The molecular weight excluding hydrogens is 338 g/mol. The number of ether oxygens (including phenoxy) is 1. The molecule has 0 fully saturated rings. The van der Waals surface area contributed by atoms with Crippen molar-refractivity contribution in [3.8, 4) is 17.1 Å². The highest BCUT2D eigenvalue weighted by Crippen LogP contribution is 2.26. The fourth-order valence-corrected chi connectivity index (χ4v) is 2.81. The van der Waals surface area contributed by atoms with Crippen LogP contribution >= 0.6 is 0 Å². The van der Waals surface area contributed by atoms with Crippen molar-refractivity contribution in [1.29, 1.82) is 0 Å². The van der Waals surface area contributed by atoms with Gasteiger partial charge in [0, 0.05) is 36.6 Å². The van der Waals surface area contributed by atoms with Crippen molar-refractivity contribution in [3.05, 3.63) is 73.3 Å². The Morgan fingerprint density at radius 1 is 0.889 bits per heavy atom. The second kappa shape index (κ2) is 7.78. The maximum absolute atomic E-state index is 5.77. The van der Waals surface area contributed by atoms with Crippen LogP contribution in [0.3, 0.4) is 0 Å². The van der Waals surface area contributed by atoms with E-state index >= 15 is 0 Å². The number of hydrogen-bond acceptors (Lipinski definition) is 6. The zero-order chi connectivity index (χ0) is 18.5. The first-order chi connectivity index (χ1) is 13.3. The van der Waals surface area contributed by atoms with Gasteiger partial charge in [0.05, 0.1) is 18.3 Å². The lowest BCUT2D eigenvalue weighted by molar-refractivity contribution is 0.324. The summed E-state index contributed by atoms with van der Waals surface area (Å²) in [5, 5.41) is 1.01. The third kappa shape index (κ3) is 3.84. The Morgan fingerprint density at radius 3 is 2.48 bits per heavy atom. The van der Waals surface area contributed by atoms with Crippen molar-refractivity contribution in [3.63, 3.8) is 0 Å². The molecule has 6 heteroatoms. The lowest BCUT2D eigenvalue weighted by Crippen LogP contribution is -2.25. The molecule has 0 atom stereocenters. The highest BCUT2D eigenvalue weighted by molar-refractivity contribution is 5.90. The molecule has 3 aromatic heterocycles. The molecular formula is C21H19N5O. The summed E-state index contributed by atoms with van der Waals surface area (Å²) in [6.07, 6.45) is 6.96. The molecule has 0 radical (unpaired) electrons. The Hall–Kier alpha value is -3.54. The summed E-state index contributed by atoms with van der Waals surface area (Å²) < 4.78 is 5.77. The smallest absolute Gasteiger partial charge is 0.163 e. The topological polar surface area (TPSA) is 64.0 Å². The molecule has 0 saturated heterocycles. The molecule has 0 bridgehead atoms. The second-order valence-electron chi connectivity index (χ2n) is 6.09. The largest absolute Gasteiger partial charge is 0.490 e. The fraction of sp³-hybridized carbons (Fsp3) is 0.143. The Balaban J connectivity index is 1.61. The minimum atomic E-state index is 0.531. The van der Waals surface area contributed by atoms with Crippen LogP contribution in [-0.2, 0) is 0 Å². The van der Waals surface area contributed by atoms with E-state index in [2.05, 4.69) is 14.9 Å². The van der Waals surface area contributed by atoms with Crippen LogP contribution in [0.4, 0.5) is 5.82 Å². The SMILES string of the molecule is CN(CCOc1cccnc1)c1nc(-c2cccnc2)nc2ccccc12. The number of aromatic nitrogens is 4. The van der Waals surface area contributed by atoms with Gasteiger partial charge in [-0.05, 0) is 36.4 Å². The number of rotatable bonds is 6. The molecule has 3 heterocycles. The van der Waals surface area contributed by atoms with E-state index in [0.717, 1.165) is 28.0 Å². The van der Waals surface area contributed by atoms with Crippen LogP contribution < -0.4 is 9.64 Å². The van der Waals surface area contributed by atoms with Crippen LogP contribution in [0.2, 0.25) is 0 Å². The number of anilines is 1. The highest BCUT2D eigenvalue weighted by Gasteiger charge is 2.13. The molecule has 0 saturated carbocycles. The average molecular weight is 357 g/mol. The molecule has 134 valence electrons. The minimum absolute atomic E-state index is 0.531. The molecule has 0 spiro atoms. The zero-order valence-corrected chi connectivity index (χ0v) is 15.0. The molecule has 0 amide bonds. The summed E-state index contributed by atoms with van der Waals surface area (Å²) in [5.74, 6) is 2.29. The van der Waals surface area contributed by atoms with E-state index in [1.807, 2.05) is 55.6 Å². The van der Waals surface area contributed by atoms with Gasteiger partial charge in [-0.15, -0.1) is 0 Å². The summed E-state index contributed by atoms with van der Waals surface area (Å²) in [7, 11) is 2.01. The fourth-order valence-electron chi connectivity index (χ4n) is 2.81. The number of pyridine rings is 2. The first-order valence-electron chi connectivity index (χ1n) is 8.72. The summed E-state index contributed by atoms with van der Waals surface area (Å²) >= 11 is 0. The maximum Gasteiger partial charge on any atom is 0.163 e. The number of benzene rings is 1. The quantitative estimate of drug-likeness (QED) is 0.525. The van der Waals surface area contributed by atoms with Gasteiger partial charge in [-0.3, -0.25) is 9.97 Å². The van der Waals surface area contributed by atoms with Crippen molar-refractivity contribution < 1.29 is 4.74 Å². The Morgan fingerprint density at radius 2 is 1.70 bits per heavy atom.